The van der Waals surface area contributed by atoms with Gasteiger partial charge >= 0.3 is 5.97 Å². The van der Waals surface area contributed by atoms with E-state index in [0.29, 0.717) is 41.6 Å². The lowest BCUT2D eigenvalue weighted by atomic mass is 10.1. The van der Waals surface area contributed by atoms with Crippen LogP contribution >= 0.6 is 0 Å². The molecule has 1 N–H and O–H groups in total. The lowest BCUT2D eigenvalue weighted by molar-refractivity contribution is -0.137. The Kier molecular flexibility index (Phi) is 5.94. The maximum absolute atomic E-state index is 14.5. The number of ether oxygens (including phenoxy) is 2. The molecule has 3 rings (SSSR count). The van der Waals surface area contributed by atoms with E-state index in [1.807, 2.05) is 25.1 Å². The molecule has 0 unspecified atom stereocenters. The van der Waals surface area contributed by atoms with Crippen molar-refractivity contribution < 1.29 is 23.8 Å². The largest absolute Gasteiger partial charge is 0.490 e. The van der Waals surface area contributed by atoms with Crippen LogP contribution in [0.4, 0.5) is 4.39 Å². The molecule has 2 aromatic rings. The van der Waals surface area contributed by atoms with E-state index in [2.05, 4.69) is 4.98 Å². The number of carboxylic acids is 1. The highest BCUT2D eigenvalue weighted by Gasteiger charge is 2.22. The van der Waals surface area contributed by atoms with Gasteiger partial charge in [0.2, 0.25) is 5.88 Å². The lowest BCUT2D eigenvalue weighted by Crippen LogP contribution is -2.05. The molecule has 6 heteroatoms. The van der Waals surface area contributed by atoms with Gasteiger partial charge in [0, 0.05) is 18.1 Å². The predicted molar refractivity (Wildman–Crippen MR) is 99.7 cm³/mol. The van der Waals surface area contributed by atoms with Gasteiger partial charge in [-0.25, -0.2) is 9.37 Å². The van der Waals surface area contributed by atoms with E-state index in [4.69, 9.17) is 14.6 Å². The summed E-state index contributed by atoms with van der Waals surface area (Å²) in [5, 5.41) is 8.65. The summed E-state index contributed by atoms with van der Waals surface area (Å²) in [7, 11) is 0. The van der Waals surface area contributed by atoms with E-state index in [0.717, 1.165) is 5.56 Å². The normalized spacial score (nSPS) is 13.4. The van der Waals surface area contributed by atoms with Crippen molar-refractivity contribution in [2.75, 3.05) is 13.2 Å². The summed E-state index contributed by atoms with van der Waals surface area (Å²) in [5.74, 6) is -0.0283. The Morgan fingerprint density at radius 1 is 1.22 bits per heavy atom. The summed E-state index contributed by atoms with van der Waals surface area (Å²) in [6.45, 7) is 4.55. The second-order valence-electron chi connectivity index (χ2n) is 7.07. The van der Waals surface area contributed by atoms with Crippen LogP contribution in [0.5, 0.6) is 11.6 Å². The van der Waals surface area contributed by atoms with Gasteiger partial charge in [-0.15, -0.1) is 0 Å². The van der Waals surface area contributed by atoms with Crippen molar-refractivity contribution in [1.29, 1.82) is 0 Å². The van der Waals surface area contributed by atoms with Crippen molar-refractivity contribution in [3.8, 4) is 22.9 Å². The van der Waals surface area contributed by atoms with Crippen LogP contribution < -0.4 is 9.47 Å². The number of benzene rings is 1. The number of aliphatic carboxylic acids is 1. The number of aromatic nitrogens is 1. The minimum atomic E-state index is -0.892. The molecule has 0 bridgehead atoms. The molecule has 144 valence electrons. The van der Waals surface area contributed by atoms with E-state index >= 15 is 0 Å². The quantitative estimate of drug-likeness (QED) is 0.654. The van der Waals surface area contributed by atoms with Crippen LogP contribution in [0.1, 0.15) is 36.8 Å². The summed E-state index contributed by atoms with van der Waals surface area (Å²) >= 11 is 0. The minimum absolute atomic E-state index is 0.00437. The number of nitrogens with zero attached hydrogens (tertiary/aromatic N) is 1. The molecular weight excluding hydrogens is 349 g/mol. The van der Waals surface area contributed by atoms with Gasteiger partial charge in [-0.1, -0.05) is 0 Å². The maximum atomic E-state index is 14.5. The summed E-state index contributed by atoms with van der Waals surface area (Å²) in [5.41, 5.74) is 2.95. The fourth-order valence-electron chi connectivity index (χ4n) is 2.80. The standard InChI is InChI=1S/C21H24FNO4/c1-13-8-18(23-19(9-13)27-12-15-5-6-15)16-10-14(2)21(17(22)11-16)26-7-3-4-20(24)25/h8-11,15H,3-7,12H2,1-2H3,(H,24,25). The highest BCUT2D eigenvalue weighted by atomic mass is 19.1. The van der Waals surface area contributed by atoms with Crippen molar-refractivity contribution in [3.63, 3.8) is 0 Å². The second-order valence-corrected chi connectivity index (χ2v) is 7.07. The Hall–Kier alpha value is -2.63. The zero-order valence-electron chi connectivity index (χ0n) is 15.6. The van der Waals surface area contributed by atoms with Crippen LogP contribution in [0.25, 0.3) is 11.3 Å². The van der Waals surface area contributed by atoms with E-state index < -0.39 is 11.8 Å². The number of hydrogen-bond acceptors (Lipinski definition) is 4. The van der Waals surface area contributed by atoms with Gasteiger partial charge in [0.05, 0.1) is 18.9 Å². The molecule has 1 saturated carbocycles. The first kappa shape index (κ1) is 19.1. The Labute approximate surface area is 158 Å². The van der Waals surface area contributed by atoms with Gasteiger partial charge in [0.15, 0.2) is 11.6 Å². The van der Waals surface area contributed by atoms with E-state index in [-0.39, 0.29) is 18.8 Å². The molecule has 5 nitrogen and oxygen atoms in total. The molecule has 1 aliphatic carbocycles. The molecule has 0 radical (unpaired) electrons. The van der Waals surface area contributed by atoms with Gasteiger partial charge in [0.25, 0.3) is 0 Å². The first-order valence-corrected chi connectivity index (χ1v) is 9.19. The third-order valence-corrected chi connectivity index (χ3v) is 4.42. The fraction of sp³-hybridized carbons (Fsp3) is 0.429. The predicted octanol–water partition coefficient (Wildman–Crippen LogP) is 4.54. The molecule has 1 fully saturated rings. The van der Waals surface area contributed by atoms with Crippen LogP contribution in [0.15, 0.2) is 24.3 Å². The van der Waals surface area contributed by atoms with Crippen LogP contribution in [-0.2, 0) is 4.79 Å². The molecule has 1 aromatic heterocycles. The Morgan fingerprint density at radius 3 is 2.67 bits per heavy atom. The minimum Gasteiger partial charge on any atom is -0.490 e. The van der Waals surface area contributed by atoms with Crippen molar-refractivity contribution in [3.05, 3.63) is 41.2 Å². The van der Waals surface area contributed by atoms with Gasteiger partial charge in [-0.3, -0.25) is 4.79 Å². The smallest absolute Gasteiger partial charge is 0.303 e. The monoisotopic (exact) mass is 373 g/mol. The maximum Gasteiger partial charge on any atom is 0.303 e. The highest BCUT2D eigenvalue weighted by molar-refractivity contribution is 5.66. The molecule has 1 aromatic carbocycles. The first-order valence-electron chi connectivity index (χ1n) is 9.19. The summed E-state index contributed by atoms with van der Waals surface area (Å²) in [6, 6.07) is 6.99. The van der Waals surface area contributed by atoms with E-state index in [9.17, 15) is 9.18 Å². The molecular formula is C21H24FNO4. The highest BCUT2D eigenvalue weighted by Crippen LogP contribution is 2.32. The average Bonchev–Trinajstić information content (AvgIpc) is 3.42. The van der Waals surface area contributed by atoms with Crippen LogP contribution in [0, 0.1) is 25.6 Å². The third-order valence-electron chi connectivity index (χ3n) is 4.42. The summed E-state index contributed by atoms with van der Waals surface area (Å²) in [4.78, 5) is 15.1. The molecule has 0 amide bonds. The van der Waals surface area contributed by atoms with Crippen molar-refractivity contribution >= 4 is 5.97 Å². The molecule has 0 atom stereocenters. The topological polar surface area (TPSA) is 68.7 Å². The second kappa shape index (κ2) is 8.37. The number of rotatable bonds is 9. The van der Waals surface area contributed by atoms with E-state index in [1.165, 1.54) is 18.9 Å². The molecule has 1 heterocycles. The molecule has 27 heavy (non-hydrogen) atoms. The number of halogens is 1. The number of carboxylic acid groups (broad SMARTS) is 1. The Balaban J connectivity index is 1.75. The van der Waals surface area contributed by atoms with Crippen LogP contribution in [0.2, 0.25) is 0 Å². The molecule has 0 aliphatic heterocycles. The lowest BCUT2D eigenvalue weighted by Gasteiger charge is -2.13. The van der Waals surface area contributed by atoms with Crippen molar-refractivity contribution in [2.24, 2.45) is 5.92 Å². The van der Waals surface area contributed by atoms with Gasteiger partial charge in [0.1, 0.15) is 0 Å². The van der Waals surface area contributed by atoms with Crippen molar-refractivity contribution in [1.82, 2.24) is 4.98 Å². The Bertz CT molecular complexity index is 810. The zero-order valence-corrected chi connectivity index (χ0v) is 15.6. The number of aryl methyl sites for hydroxylation is 2. The van der Waals surface area contributed by atoms with E-state index in [1.54, 1.807) is 6.92 Å². The third kappa shape index (κ3) is 5.42. The number of pyridine rings is 1. The first-order chi connectivity index (χ1) is 12.9. The molecule has 0 spiro atoms. The average molecular weight is 373 g/mol. The zero-order chi connectivity index (χ0) is 19.4. The van der Waals surface area contributed by atoms with Gasteiger partial charge < -0.3 is 14.6 Å². The Morgan fingerprint density at radius 2 is 2.00 bits per heavy atom. The summed E-state index contributed by atoms with van der Waals surface area (Å²) < 4.78 is 25.8. The van der Waals surface area contributed by atoms with Crippen LogP contribution in [0.3, 0.4) is 0 Å². The summed E-state index contributed by atoms with van der Waals surface area (Å²) in [6.07, 6.45) is 2.74. The molecule has 1 aliphatic rings. The SMILES string of the molecule is Cc1cc(OCC2CC2)nc(-c2cc(C)c(OCCCC(=O)O)c(F)c2)c1. The van der Waals surface area contributed by atoms with Gasteiger partial charge in [-0.05, 0) is 68.4 Å². The van der Waals surface area contributed by atoms with Crippen molar-refractivity contribution in [2.45, 2.75) is 39.5 Å². The molecule has 0 saturated heterocycles. The van der Waals surface area contributed by atoms with Gasteiger partial charge in [-0.2, -0.15) is 0 Å². The van der Waals surface area contributed by atoms with Crippen LogP contribution in [-0.4, -0.2) is 29.3 Å². The fourth-order valence-corrected chi connectivity index (χ4v) is 2.80. The number of carbonyl (C=O) groups is 1. The number of hydrogen-bond donors (Lipinski definition) is 1.